The maximum Gasteiger partial charge on any atom is 0.308 e. The van der Waals surface area contributed by atoms with Gasteiger partial charge in [0.1, 0.15) is 11.2 Å². The fourth-order valence-electron chi connectivity index (χ4n) is 2.21. The number of rotatable bonds is 5. The summed E-state index contributed by atoms with van der Waals surface area (Å²) in [5.74, 6) is 0.416. The minimum atomic E-state index is -0.672. The van der Waals surface area contributed by atoms with Gasteiger partial charge in [0.25, 0.3) is 0 Å². The Morgan fingerprint density at radius 2 is 1.50 bits per heavy atom. The molecule has 0 radical (unpaired) electrons. The van der Waals surface area contributed by atoms with Gasteiger partial charge in [-0.2, -0.15) is 0 Å². The third-order valence-corrected chi connectivity index (χ3v) is 3.33. The van der Waals surface area contributed by atoms with Crippen LogP contribution in [0.3, 0.4) is 0 Å². The SMILES string of the molecule is CC(C)c1ccc(N=C(OC(C)(C)C)[C@@H](N)CC(=O)OC(C)(C)C)cc1. The molecule has 0 spiro atoms. The number of carbonyl (C=O) groups is 1. The summed E-state index contributed by atoms with van der Waals surface area (Å²) < 4.78 is 11.3. The van der Waals surface area contributed by atoms with Crippen LogP contribution >= 0.6 is 0 Å². The Bertz CT molecular complexity index is 620. The van der Waals surface area contributed by atoms with Crippen molar-refractivity contribution in [2.75, 3.05) is 0 Å². The molecule has 1 aromatic rings. The first-order valence-electron chi connectivity index (χ1n) is 9.12. The standard InChI is InChI=1S/C21H34N2O3/c1-14(2)15-9-11-16(12-10-15)23-19(26-21(6,7)8)17(22)13-18(24)25-20(3,4)5/h9-12,14,17H,13,22H2,1-8H3/t17-/m0/s1. The maximum atomic E-state index is 12.1. The van der Waals surface area contributed by atoms with Crippen LogP contribution in [0, 0.1) is 0 Å². The van der Waals surface area contributed by atoms with Crippen molar-refractivity contribution in [3.63, 3.8) is 0 Å². The summed E-state index contributed by atoms with van der Waals surface area (Å²) in [6.07, 6.45) is 0.0102. The Labute approximate surface area is 158 Å². The lowest BCUT2D eigenvalue weighted by Crippen LogP contribution is -2.40. The van der Waals surface area contributed by atoms with Crippen LogP contribution in [0.15, 0.2) is 29.3 Å². The van der Waals surface area contributed by atoms with Crippen LogP contribution < -0.4 is 5.73 Å². The second kappa shape index (κ2) is 8.67. The summed E-state index contributed by atoms with van der Waals surface area (Å²) >= 11 is 0. The van der Waals surface area contributed by atoms with Gasteiger partial charge >= 0.3 is 5.97 Å². The summed E-state index contributed by atoms with van der Waals surface area (Å²) in [5, 5.41) is 0. The molecule has 26 heavy (non-hydrogen) atoms. The van der Waals surface area contributed by atoms with Crippen molar-refractivity contribution < 1.29 is 14.3 Å². The first kappa shape index (κ1) is 22.2. The molecule has 1 aromatic carbocycles. The molecule has 5 heteroatoms. The van der Waals surface area contributed by atoms with Gasteiger partial charge in [-0.3, -0.25) is 4.79 Å². The highest BCUT2D eigenvalue weighted by Gasteiger charge is 2.25. The average molecular weight is 363 g/mol. The summed E-state index contributed by atoms with van der Waals surface area (Å²) in [5.41, 5.74) is 7.17. The predicted octanol–water partition coefficient (Wildman–Crippen LogP) is 4.71. The molecule has 0 saturated heterocycles. The fraction of sp³-hybridized carbons (Fsp3) is 0.619. The molecule has 0 aliphatic rings. The Balaban J connectivity index is 3.01. The average Bonchev–Trinajstić information content (AvgIpc) is 2.43. The van der Waals surface area contributed by atoms with E-state index in [-0.39, 0.29) is 12.4 Å². The molecule has 0 aliphatic heterocycles. The second-order valence-electron chi connectivity index (χ2n) is 8.81. The van der Waals surface area contributed by atoms with E-state index in [1.54, 1.807) is 0 Å². The van der Waals surface area contributed by atoms with E-state index in [1.165, 1.54) is 5.56 Å². The van der Waals surface area contributed by atoms with Crippen molar-refractivity contribution >= 4 is 17.6 Å². The van der Waals surface area contributed by atoms with E-state index in [9.17, 15) is 4.79 Å². The van der Waals surface area contributed by atoms with Crippen molar-refractivity contribution in [3.05, 3.63) is 29.8 Å². The van der Waals surface area contributed by atoms with Crippen LogP contribution in [0.5, 0.6) is 0 Å². The van der Waals surface area contributed by atoms with Crippen molar-refractivity contribution in [2.45, 2.75) is 85.0 Å². The minimum Gasteiger partial charge on any atom is -0.474 e. The zero-order valence-corrected chi connectivity index (χ0v) is 17.4. The van der Waals surface area contributed by atoms with Gasteiger partial charge in [0.2, 0.25) is 5.90 Å². The highest BCUT2D eigenvalue weighted by atomic mass is 16.6. The second-order valence-corrected chi connectivity index (χ2v) is 8.81. The van der Waals surface area contributed by atoms with Crippen LogP contribution in [-0.2, 0) is 14.3 Å². The summed E-state index contributed by atoms with van der Waals surface area (Å²) in [6, 6.07) is 7.27. The first-order valence-corrected chi connectivity index (χ1v) is 9.12. The number of esters is 1. The van der Waals surface area contributed by atoms with Gasteiger partial charge < -0.3 is 15.2 Å². The number of carbonyl (C=O) groups excluding carboxylic acids is 1. The van der Waals surface area contributed by atoms with E-state index in [1.807, 2.05) is 65.8 Å². The number of ether oxygens (including phenoxy) is 2. The molecule has 0 bridgehead atoms. The number of hydrogen-bond donors (Lipinski definition) is 1. The number of benzene rings is 1. The molecular formula is C21H34N2O3. The van der Waals surface area contributed by atoms with E-state index in [0.29, 0.717) is 11.8 Å². The fourth-order valence-corrected chi connectivity index (χ4v) is 2.21. The topological polar surface area (TPSA) is 73.9 Å². The molecule has 2 N–H and O–H groups in total. The molecule has 1 atom stereocenters. The van der Waals surface area contributed by atoms with Crippen molar-refractivity contribution in [1.82, 2.24) is 0 Å². The van der Waals surface area contributed by atoms with Gasteiger partial charge in [-0.25, -0.2) is 4.99 Å². The van der Waals surface area contributed by atoms with Crippen LogP contribution in [0.4, 0.5) is 5.69 Å². The van der Waals surface area contributed by atoms with Gasteiger partial charge in [-0.05, 0) is 65.2 Å². The largest absolute Gasteiger partial charge is 0.474 e. The number of hydrogen-bond acceptors (Lipinski definition) is 5. The van der Waals surface area contributed by atoms with E-state index < -0.39 is 17.2 Å². The Hall–Kier alpha value is -1.88. The van der Waals surface area contributed by atoms with Crippen LogP contribution in [-0.4, -0.2) is 29.1 Å². The lowest BCUT2D eigenvalue weighted by atomic mass is 10.0. The molecule has 0 saturated carbocycles. The Morgan fingerprint density at radius 1 is 1.00 bits per heavy atom. The third kappa shape index (κ3) is 8.48. The molecule has 0 amide bonds. The van der Waals surface area contributed by atoms with E-state index in [0.717, 1.165) is 5.69 Å². The van der Waals surface area contributed by atoms with Crippen LogP contribution in [0.25, 0.3) is 0 Å². The zero-order valence-electron chi connectivity index (χ0n) is 17.4. The first-order chi connectivity index (χ1) is 11.8. The van der Waals surface area contributed by atoms with Gasteiger partial charge in [0, 0.05) is 0 Å². The van der Waals surface area contributed by atoms with E-state index in [4.69, 9.17) is 15.2 Å². The van der Waals surface area contributed by atoms with Gasteiger partial charge in [-0.15, -0.1) is 0 Å². The van der Waals surface area contributed by atoms with Gasteiger partial charge in [-0.1, -0.05) is 26.0 Å². The van der Waals surface area contributed by atoms with Gasteiger partial charge in [0.15, 0.2) is 0 Å². The smallest absolute Gasteiger partial charge is 0.308 e. The van der Waals surface area contributed by atoms with Crippen molar-refractivity contribution in [2.24, 2.45) is 10.7 Å². The number of nitrogens with two attached hydrogens (primary N) is 1. The normalized spacial score (nSPS) is 14.3. The molecular weight excluding hydrogens is 328 g/mol. The molecule has 5 nitrogen and oxygen atoms in total. The molecule has 0 unspecified atom stereocenters. The highest BCUT2D eigenvalue weighted by molar-refractivity contribution is 5.88. The molecule has 0 fully saturated rings. The minimum absolute atomic E-state index is 0.0102. The van der Waals surface area contributed by atoms with Crippen LogP contribution in [0.1, 0.15) is 73.3 Å². The Morgan fingerprint density at radius 3 is 1.92 bits per heavy atom. The van der Waals surface area contributed by atoms with Gasteiger partial charge in [0.05, 0.1) is 18.2 Å². The Kier molecular flexibility index (Phi) is 7.39. The monoisotopic (exact) mass is 362 g/mol. The molecule has 0 heterocycles. The van der Waals surface area contributed by atoms with E-state index in [2.05, 4.69) is 18.8 Å². The number of nitrogens with zero attached hydrogens (tertiary/aromatic N) is 1. The summed E-state index contributed by atoms with van der Waals surface area (Å²) in [7, 11) is 0. The van der Waals surface area contributed by atoms with E-state index >= 15 is 0 Å². The van der Waals surface area contributed by atoms with Crippen LogP contribution in [0.2, 0.25) is 0 Å². The lowest BCUT2D eigenvalue weighted by Gasteiger charge is -2.26. The van der Waals surface area contributed by atoms with Crippen molar-refractivity contribution in [1.29, 1.82) is 0 Å². The maximum absolute atomic E-state index is 12.1. The molecule has 0 aromatic heterocycles. The lowest BCUT2D eigenvalue weighted by molar-refractivity contribution is -0.154. The zero-order chi connectivity index (χ0) is 20.1. The molecule has 146 valence electrons. The molecule has 0 aliphatic carbocycles. The molecule has 1 rings (SSSR count). The highest BCUT2D eigenvalue weighted by Crippen LogP contribution is 2.21. The number of aliphatic imine (C=N–C) groups is 1. The van der Waals surface area contributed by atoms with Crippen molar-refractivity contribution in [3.8, 4) is 0 Å². The third-order valence-electron chi connectivity index (χ3n) is 3.33. The summed E-state index contributed by atoms with van der Waals surface area (Å²) in [4.78, 5) is 16.7. The quantitative estimate of drug-likeness (QED) is 0.467. The summed E-state index contributed by atoms with van der Waals surface area (Å²) in [6.45, 7) is 15.5. The predicted molar refractivity (Wildman–Crippen MR) is 107 cm³/mol.